The van der Waals surface area contributed by atoms with Gasteiger partial charge in [0, 0.05) is 12.3 Å². The van der Waals surface area contributed by atoms with E-state index in [1.807, 2.05) is 0 Å². The molecule has 0 atom stereocenters. The van der Waals surface area contributed by atoms with Gasteiger partial charge in [0.1, 0.15) is 17.3 Å². The fraction of sp³-hybridized carbons (Fsp3) is 0.231. The van der Waals surface area contributed by atoms with Gasteiger partial charge in [0.2, 0.25) is 0 Å². The lowest BCUT2D eigenvalue weighted by molar-refractivity contribution is 0.595. The molecule has 1 heterocycles. The van der Waals surface area contributed by atoms with Crippen molar-refractivity contribution >= 4 is 42.8 Å². The predicted octanol–water partition coefficient (Wildman–Crippen LogP) is 2.07. The minimum atomic E-state index is -3.57. The summed E-state index contributed by atoms with van der Waals surface area (Å²) in [5.74, 6) is 0.158. The lowest BCUT2D eigenvalue weighted by atomic mass is 10.3. The van der Waals surface area contributed by atoms with Crippen molar-refractivity contribution in [2.24, 2.45) is 0 Å². The Bertz CT molecular complexity index is 943. The van der Waals surface area contributed by atoms with E-state index in [-0.39, 0.29) is 32.2 Å². The number of anilines is 2. The summed E-state index contributed by atoms with van der Waals surface area (Å²) in [5, 5.41) is 2.94. The minimum absolute atomic E-state index is 0.0232. The van der Waals surface area contributed by atoms with Gasteiger partial charge in [-0.15, -0.1) is 0 Å². The van der Waals surface area contributed by atoms with E-state index in [1.54, 1.807) is 0 Å². The third-order valence-electron chi connectivity index (χ3n) is 2.99. The molecule has 1 N–H and O–H groups in total. The van der Waals surface area contributed by atoms with Crippen LogP contribution in [0.25, 0.3) is 0 Å². The average Bonchev–Trinajstić information content (AvgIpc) is 2.46. The number of nitrogens with one attached hydrogen (secondary N) is 1. The number of rotatable bonds is 5. The number of nitrogens with zero attached hydrogens (tertiary/aromatic N) is 2. The van der Waals surface area contributed by atoms with E-state index in [1.165, 1.54) is 37.5 Å². The van der Waals surface area contributed by atoms with Crippen LogP contribution in [0.15, 0.2) is 40.4 Å². The molecule has 1 aromatic heterocycles. The highest BCUT2D eigenvalue weighted by molar-refractivity contribution is 7.91. The normalized spacial score (nSPS) is 12.1. The standard InChI is InChI=1S/C13H14ClN3O4S2/c1-3-23(20,21)9-4-5-11(22(2,18)19)10(6-9)17-13-7-12(14)15-8-16-13/h4-8H,3H2,1-2H3,(H,15,16,17). The largest absolute Gasteiger partial charge is 0.339 e. The number of aromatic nitrogens is 2. The molecule has 0 spiro atoms. The average molecular weight is 376 g/mol. The molecule has 0 amide bonds. The van der Waals surface area contributed by atoms with Crippen molar-refractivity contribution in [1.29, 1.82) is 0 Å². The van der Waals surface area contributed by atoms with Gasteiger partial charge in [-0.1, -0.05) is 18.5 Å². The molecular weight excluding hydrogens is 362 g/mol. The van der Waals surface area contributed by atoms with Crippen LogP contribution in [0.4, 0.5) is 11.5 Å². The minimum Gasteiger partial charge on any atom is -0.339 e. The van der Waals surface area contributed by atoms with Crippen LogP contribution in [0.2, 0.25) is 5.15 Å². The molecule has 124 valence electrons. The molecule has 7 nitrogen and oxygen atoms in total. The Hall–Kier alpha value is -1.71. The van der Waals surface area contributed by atoms with Gasteiger partial charge < -0.3 is 5.32 Å². The Morgan fingerprint density at radius 1 is 1.13 bits per heavy atom. The molecule has 1 aromatic carbocycles. The monoisotopic (exact) mass is 375 g/mol. The highest BCUT2D eigenvalue weighted by Crippen LogP contribution is 2.28. The van der Waals surface area contributed by atoms with Gasteiger partial charge in [0.15, 0.2) is 19.7 Å². The summed E-state index contributed by atoms with van der Waals surface area (Å²) in [6.07, 6.45) is 2.24. The van der Waals surface area contributed by atoms with E-state index in [2.05, 4.69) is 15.3 Å². The summed E-state index contributed by atoms with van der Waals surface area (Å²) < 4.78 is 47.8. The molecule has 0 saturated heterocycles. The van der Waals surface area contributed by atoms with Crippen molar-refractivity contribution in [1.82, 2.24) is 9.97 Å². The zero-order chi connectivity index (χ0) is 17.3. The van der Waals surface area contributed by atoms with Crippen LogP contribution in [0, 0.1) is 0 Å². The topological polar surface area (TPSA) is 106 Å². The van der Waals surface area contributed by atoms with Crippen molar-refractivity contribution in [3.05, 3.63) is 35.7 Å². The van der Waals surface area contributed by atoms with E-state index in [0.29, 0.717) is 0 Å². The zero-order valence-corrected chi connectivity index (χ0v) is 14.7. The van der Waals surface area contributed by atoms with E-state index in [0.717, 1.165) is 6.26 Å². The fourth-order valence-electron chi connectivity index (χ4n) is 1.83. The van der Waals surface area contributed by atoms with Gasteiger partial charge in [0.25, 0.3) is 0 Å². The van der Waals surface area contributed by atoms with Gasteiger partial charge >= 0.3 is 0 Å². The number of sulfone groups is 2. The van der Waals surface area contributed by atoms with Gasteiger partial charge in [-0.05, 0) is 18.2 Å². The molecule has 0 aliphatic rings. The Morgan fingerprint density at radius 3 is 2.39 bits per heavy atom. The molecule has 0 bridgehead atoms. The Morgan fingerprint density at radius 2 is 1.83 bits per heavy atom. The number of benzene rings is 1. The van der Waals surface area contributed by atoms with Crippen molar-refractivity contribution < 1.29 is 16.8 Å². The van der Waals surface area contributed by atoms with Crippen molar-refractivity contribution in [3.8, 4) is 0 Å². The number of hydrogen-bond donors (Lipinski definition) is 1. The molecule has 0 aliphatic heterocycles. The van der Waals surface area contributed by atoms with Gasteiger partial charge in [-0.2, -0.15) is 0 Å². The molecule has 2 aromatic rings. The Kier molecular flexibility index (Phi) is 4.92. The second-order valence-corrected chi connectivity index (χ2v) is 9.33. The maximum Gasteiger partial charge on any atom is 0.178 e. The number of hydrogen-bond acceptors (Lipinski definition) is 7. The maximum atomic E-state index is 12.0. The highest BCUT2D eigenvalue weighted by atomic mass is 35.5. The summed E-state index contributed by atoms with van der Waals surface area (Å²) in [7, 11) is -7.04. The van der Waals surface area contributed by atoms with Crippen LogP contribution >= 0.6 is 11.6 Å². The molecule has 0 fully saturated rings. The quantitative estimate of drug-likeness (QED) is 0.797. The maximum absolute atomic E-state index is 12.0. The Balaban J connectivity index is 2.60. The first-order valence-corrected chi connectivity index (χ1v) is 10.4. The van der Waals surface area contributed by atoms with E-state index in [4.69, 9.17) is 11.6 Å². The predicted molar refractivity (Wildman–Crippen MR) is 87.6 cm³/mol. The molecule has 0 saturated carbocycles. The van der Waals surface area contributed by atoms with Crippen molar-refractivity contribution in [3.63, 3.8) is 0 Å². The lowest BCUT2D eigenvalue weighted by Gasteiger charge is -2.12. The van der Waals surface area contributed by atoms with Gasteiger partial charge in [-0.25, -0.2) is 26.8 Å². The van der Waals surface area contributed by atoms with Crippen LogP contribution in [0.5, 0.6) is 0 Å². The summed E-state index contributed by atoms with van der Waals surface area (Å²) in [6.45, 7) is 1.51. The van der Waals surface area contributed by atoms with Gasteiger partial charge in [-0.3, -0.25) is 0 Å². The summed E-state index contributed by atoms with van der Waals surface area (Å²) in [6, 6.07) is 5.19. The lowest BCUT2D eigenvalue weighted by Crippen LogP contribution is -2.08. The van der Waals surface area contributed by atoms with Crippen LogP contribution in [0.1, 0.15) is 6.92 Å². The molecule has 10 heteroatoms. The molecule has 23 heavy (non-hydrogen) atoms. The smallest absolute Gasteiger partial charge is 0.178 e. The summed E-state index contributed by atoms with van der Waals surface area (Å²) >= 11 is 5.76. The summed E-state index contributed by atoms with van der Waals surface area (Å²) in [5.41, 5.74) is 0.108. The second kappa shape index (κ2) is 6.42. The van der Waals surface area contributed by atoms with Crippen molar-refractivity contribution in [2.45, 2.75) is 16.7 Å². The third kappa shape index (κ3) is 4.18. The molecule has 0 radical (unpaired) electrons. The van der Waals surface area contributed by atoms with Crippen LogP contribution in [-0.4, -0.2) is 38.8 Å². The first-order chi connectivity index (χ1) is 10.6. The molecular formula is C13H14ClN3O4S2. The van der Waals surface area contributed by atoms with Crippen LogP contribution < -0.4 is 5.32 Å². The van der Waals surface area contributed by atoms with Crippen molar-refractivity contribution in [2.75, 3.05) is 17.3 Å². The first kappa shape index (κ1) is 17.6. The van der Waals surface area contributed by atoms with E-state index in [9.17, 15) is 16.8 Å². The van der Waals surface area contributed by atoms with Crippen LogP contribution in [-0.2, 0) is 19.7 Å². The Labute approximate surface area is 139 Å². The third-order valence-corrected chi connectivity index (χ3v) is 6.08. The second-order valence-electron chi connectivity index (χ2n) is 4.68. The SMILES string of the molecule is CCS(=O)(=O)c1ccc(S(C)(=O)=O)c(Nc2cc(Cl)ncn2)c1. The summed E-state index contributed by atoms with van der Waals surface area (Å²) in [4.78, 5) is 7.63. The molecule has 2 rings (SSSR count). The fourth-order valence-corrected chi connectivity index (χ4v) is 3.71. The molecule has 0 aliphatic carbocycles. The zero-order valence-electron chi connectivity index (χ0n) is 12.3. The van der Waals surface area contributed by atoms with Gasteiger partial charge in [0.05, 0.1) is 21.2 Å². The van der Waals surface area contributed by atoms with E-state index >= 15 is 0 Å². The first-order valence-electron chi connectivity index (χ1n) is 6.45. The highest BCUT2D eigenvalue weighted by Gasteiger charge is 2.19. The van der Waals surface area contributed by atoms with E-state index < -0.39 is 19.7 Å². The van der Waals surface area contributed by atoms with Crippen LogP contribution in [0.3, 0.4) is 0 Å². The number of halogens is 1. The molecule has 0 unspecified atom stereocenters.